The van der Waals surface area contributed by atoms with E-state index < -0.39 is 6.10 Å². The van der Waals surface area contributed by atoms with Gasteiger partial charge in [-0.05, 0) is 96.3 Å². The van der Waals surface area contributed by atoms with Crippen molar-refractivity contribution in [1.82, 2.24) is 0 Å². The summed E-state index contributed by atoms with van der Waals surface area (Å²) in [5.74, 6) is -0.903. The molecule has 0 aromatic carbocycles. The first kappa shape index (κ1) is 77.6. The normalized spacial score (nSPS) is 12.6. The van der Waals surface area contributed by atoms with Crippen molar-refractivity contribution in [2.24, 2.45) is 0 Å². The van der Waals surface area contributed by atoms with Crippen molar-refractivity contribution in [1.29, 1.82) is 0 Å². The molecule has 0 aliphatic heterocycles. The second kappa shape index (κ2) is 69.1. The maximum atomic E-state index is 12.9. The number of rotatable bonds is 64. The van der Waals surface area contributed by atoms with Crippen molar-refractivity contribution >= 4 is 17.9 Å². The van der Waals surface area contributed by atoms with Gasteiger partial charge in [0, 0.05) is 19.3 Å². The average molecular weight is 1130 g/mol. The number of hydrogen-bond acceptors (Lipinski definition) is 6. The highest BCUT2D eigenvalue weighted by Gasteiger charge is 2.19. The molecule has 0 fully saturated rings. The Morgan fingerprint density at radius 3 is 0.765 bits per heavy atom. The molecule has 81 heavy (non-hydrogen) atoms. The highest BCUT2D eigenvalue weighted by Crippen LogP contribution is 2.18. The summed E-state index contributed by atoms with van der Waals surface area (Å²) in [4.78, 5) is 38.4. The summed E-state index contributed by atoms with van der Waals surface area (Å²) in [7, 11) is 0. The number of allylic oxidation sites excluding steroid dienone is 14. The van der Waals surface area contributed by atoms with Crippen LogP contribution in [0.5, 0.6) is 0 Å². The van der Waals surface area contributed by atoms with Crippen molar-refractivity contribution in [2.75, 3.05) is 13.2 Å². The van der Waals surface area contributed by atoms with Crippen LogP contribution in [0.1, 0.15) is 355 Å². The van der Waals surface area contributed by atoms with Gasteiger partial charge >= 0.3 is 17.9 Å². The van der Waals surface area contributed by atoms with Crippen LogP contribution in [-0.2, 0) is 28.6 Å². The molecule has 0 bridgehead atoms. The van der Waals surface area contributed by atoms with Gasteiger partial charge in [0.05, 0.1) is 0 Å². The molecule has 0 aromatic rings. The lowest BCUT2D eigenvalue weighted by molar-refractivity contribution is -0.167. The van der Waals surface area contributed by atoms with E-state index >= 15 is 0 Å². The van der Waals surface area contributed by atoms with E-state index in [9.17, 15) is 14.4 Å². The molecule has 468 valence electrons. The standard InChI is InChI=1S/C75H132O6/c1-4-7-10-13-16-19-22-25-28-30-32-34-36-37-38-40-41-43-45-47-50-53-56-59-62-65-68-74(77)80-71-72(70-79-73(76)67-64-61-58-55-52-49-27-24-21-18-15-12-9-6-3)81-75(78)69-66-63-60-57-54-51-48-46-44-42-39-35-33-31-29-26-23-20-17-14-11-8-5-2/h8,11,17,20,24,26-27,29,33,35,42,44,48,51,72H,4-7,9-10,12-16,18-19,21-23,25,28,30-32,34,36-41,43,45-47,49-50,52-71H2,1-3H3/b11-8-,20-17-,27-24-,29-26-,35-33-,44-42-,51-48-. The van der Waals surface area contributed by atoms with E-state index in [2.05, 4.69) is 106 Å². The fourth-order valence-electron chi connectivity index (χ4n) is 10.2. The third kappa shape index (κ3) is 67.3. The Bertz CT molecular complexity index is 1530. The molecule has 0 aliphatic rings. The molecule has 0 heterocycles. The van der Waals surface area contributed by atoms with Crippen LogP contribution in [0.2, 0.25) is 0 Å². The molecular weight excluding hydrogens is 997 g/mol. The zero-order valence-electron chi connectivity index (χ0n) is 53.8. The van der Waals surface area contributed by atoms with E-state index in [0.29, 0.717) is 19.3 Å². The lowest BCUT2D eigenvalue weighted by Crippen LogP contribution is -2.30. The van der Waals surface area contributed by atoms with Gasteiger partial charge in [-0.15, -0.1) is 0 Å². The Balaban J connectivity index is 4.33. The summed E-state index contributed by atoms with van der Waals surface area (Å²) >= 11 is 0. The van der Waals surface area contributed by atoms with Gasteiger partial charge in [-0.25, -0.2) is 0 Å². The fraction of sp³-hybridized carbons (Fsp3) is 0.773. The summed E-state index contributed by atoms with van der Waals surface area (Å²) in [5.41, 5.74) is 0. The second-order valence-electron chi connectivity index (χ2n) is 23.4. The maximum absolute atomic E-state index is 12.9. The molecule has 0 spiro atoms. The van der Waals surface area contributed by atoms with Crippen LogP contribution >= 0.6 is 0 Å². The summed E-state index contributed by atoms with van der Waals surface area (Å²) in [6, 6.07) is 0. The molecule has 6 heteroatoms. The SMILES string of the molecule is CC/C=C\C/C=C\C/C=C\C/C=C\C/C=C\C/C=C\CCCCCCC(=O)OC(COC(=O)CCCCCCC/C=C\CCCCCCC)COC(=O)CCCCCCCCCCCCCCCCCCCCCCCCCCCC. The lowest BCUT2D eigenvalue weighted by Gasteiger charge is -2.18. The number of carbonyl (C=O) groups is 3. The lowest BCUT2D eigenvalue weighted by atomic mass is 10.0. The number of esters is 3. The predicted octanol–water partition coefficient (Wildman–Crippen LogP) is 24.2. The Kier molecular flexibility index (Phi) is 66.2. The Labute approximate surface area is 503 Å². The minimum absolute atomic E-state index is 0.0867. The number of carbonyl (C=O) groups excluding carboxylic acids is 3. The first-order chi connectivity index (χ1) is 40.0. The van der Waals surface area contributed by atoms with Crippen LogP contribution in [-0.4, -0.2) is 37.2 Å². The molecule has 0 aromatic heterocycles. The van der Waals surface area contributed by atoms with E-state index in [1.807, 2.05) is 0 Å². The molecule has 0 N–H and O–H groups in total. The van der Waals surface area contributed by atoms with Crippen LogP contribution in [0, 0.1) is 0 Å². The van der Waals surface area contributed by atoms with Gasteiger partial charge in [-0.1, -0.05) is 324 Å². The van der Waals surface area contributed by atoms with Gasteiger partial charge in [0.25, 0.3) is 0 Å². The minimum Gasteiger partial charge on any atom is -0.462 e. The summed E-state index contributed by atoms with van der Waals surface area (Å²) in [6.45, 7) is 6.54. The average Bonchev–Trinajstić information content (AvgIpc) is 3.47. The number of unbranched alkanes of at least 4 members (excludes halogenated alkanes) is 39. The van der Waals surface area contributed by atoms with E-state index in [-0.39, 0.29) is 31.1 Å². The van der Waals surface area contributed by atoms with Gasteiger partial charge in [-0.3, -0.25) is 14.4 Å². The van der Waals surface area contributed by atoms with E-state index in [0.717, 1.165) is 116 Å². The zero-order valence-corrected chi connectivity index (χ0v) is 53.8. The first-order valence-corrected chi connectivity index (χ1v) is 35.1. The number of ether oxygens (including phenoxy) is 3. The van der Waals surface area contributed by atoms with Crippen LogP contribution in [0.25, 0.3) is 0 Å². The quantitative estimate of drug-likeness (QED) is 0.0261. The van der Waals surface area contributed by atoms with Gasteiger partial charge in [0.15, 0.2) is 6.10 Å². The van der Waals surface area contributed by atoms with Crippen LogP contribution in [0.3, 0.4) is 0 Å². The highest BCUT2D eigenvalue weighted by molar-refractivity contribution is 5.71. The Hall–Kier alpha value is -3.41. The van der Waals surface area contributed by atoms with Crippen molar-refractivity contribution < 1.29 is 28.6 Å². The van der Waals surface area contributed by atoms with Crippen LogP contribution in [0.15, 0.2) is 85.1 Å². The van der Waals surface area contributed by atoms with Gasteiger partial charge < -0.3 is 14.2 Å². The number of hydrogen-bond donors (Lipinski definition) is 0. The molecule has 1 atom stereocenters. The molecule has 0 aliphatic carbocycles. The van der Waals surface area contributed by atoms with Gasteiger partial charge in [0.2, 0.25) is 0 Å². The van der Waals surface area contributed by atoms with Crippen molar-refractivity contribution in [3.8, 4) is 0 Å². The molecule has 0 rings (SSSR count). The summed E-state index contributed by atoms with van der Waals surface area (Å²) in [5, 5.41) is 0. The first-order valence-electron chi connectivity index (χ1n) is 35.1. The Morgan fingerprint density at radius 1 is 0.259 bits per heavy atom. The van der Waals surface area contributed by atoms with Crippen molar-refractivity contribution in [2.45, 2.75) is 361 Å². The second-order valence-corrected chi connectivity index (χ2v) is 23.4. The topological polar surface area (TPSA) is 78.9 Å². The molecule has 0 saturated carbocycles. The van der Waals surface area contributed by atoms with E-state index in [4.69, 9.17) is 14.2 Å². The van der Waals surface area contributed by atoms with Crippen molar-refractivity contribution in [3.05, 3.63) is 85.1 Å². The smallest absolute Gasteiger partial charge is 0.306 e. The molecular formula is C75H132O6. The van der Waals surface area contributed by atoms with E-state index in [1.54, 1.807) is 0 Å². The van der Waals surface area contributed by atoms with Crippen molar-refractivity contribution in [3.63, 3.8) is 0 Å². The fourth-order valence-corrected chi connectivity index (χ4v) is 10.2. The highest BCUT2D eigenvalue weighted by atomic mass is 16.6. The largest absolute Gasteiger partial charge is 0.462 e. The third-order valence-corrected chi connectivity index (χ3v) is 15.4. The Morgan fingerprint density at radius 2 is 0.481 bits per heavy atom. The maximum Gasteiger partial charge on any atom is 0.306 e. The molecule has 6 nitrogen and oxygen atoms in total. The molecule has 0 radical (unpaired) electrons. The van der Waals surface area contributed by atoms with Crippen LogP contribution in [0.4, 0.5) is 0 Å². The minimum atomic E-state index is -0.795. The van der Waals surface area contributed by atoms with Gasteiger partial charge in [0.1, 0.15) is 13.2 Å². The van der Waals surface area contributed by atoms with Gasteiger partial charge in [-0.2, -0.15) is 0 Å². The molecule has 1 unspecified atom stereocenters. The zero-order chi connectivity index (χ0) is 58.5. The monoisotopic (exact) mass is 1130 g/mol. The van der Waals surface area contributed by atoms with Crippen LogP contribution < -0.4 is 0 Å². The molecule has 0 amide bonds. The molecule has 0 saturated heterocycles. The summed E-state index contributed by atoms with van der Waals surface area (Å²) in [6.07, 6.45) is 91.8. The summed E-state index contributed by atoms with van der Waals surface area (Å²) < 4.78 is 17.0. The predicted molar refractivity (Wildman–Crippen MR) is 353 cm³/mol. The van der Waals surface area contributed by atoms with E-state index in [1.165, 1.54) is 199 Å². The third-order valence-electron chi connectivity index (χ3n) is 15.4.